The number of hydrogen-bond acceptors (Lipinski definition) is 4. The molecule has 1 N–H and O–H groups in total. The van der Waals surface area contributed by atoms with Gasteiger partial charge in [-0.15, -0.1) is 0 Å². The van der Waals surface area contributed by atoms with E-state index in [1.54, 1.807) is 0 Å². The average Bonchev–Trinajstić information content (AvgIpc) is 2.45. The molecule has 0 bridgehead atoms. The smallest absolute Gasteiger partial charge is 0.322 e. The Bertz CT molecular complexity index is 418. The second-order valence-electron chi connectivity index (χ2n) is 5.04. The fraction of sp³-hybridized carbons (Fsp3) is 0.562. The minimum Gasteiger partial charge on any atom is -0.494 e. The van der Waals surface area contributed by atoms with E-state index in [9.17, 15) is 4.79 Å². The van der Waals surface area contributed by atoms with Gasteiger partial charge in [-0.3, -0.25) is 4.79 Å². The highest BCUT2D eigenvalue weighted by Crippen LogP contribution is 2.14. The van der Waals surface area contributed by atoms with Crippen LogP contribution in [0.25, 0.3) is 0 Å². The Labute approximate surface area is 121 Å². The third-order valence-corrected chi connectivity index (χ3v) is 3.00. The van der Waals surface area contributed by atoms with Crippen molar-refractivity contribution in [3.63, 3.8) is 0 Å². The van der Waals surface area contributed by atoms with E-state index < -0.39 is 0 Å². The Balaban J connectivity index is 2.48. The van der Waals surface area contributed by atoms with Crippen LogP contribution in [-0.2, 0) is 16.0 Å². The van der Waals surface area contributed by atoms with Crippen molar-refractivity contribution in [3.05, 3.63) is 29.8 Å². The molecule has 0 radical (unpaired) electrons. The number of aryl methyl sites for hydroxylation is 1. The lowest BCUT2D eigenvalue weighted by atomic mass is 10.1. The number of esters is 1. The van der Waals surface area contributed by atoms with E-state index in [2.05, 4.69) is 18.3 Å². The summed E-state index contributed by atoms with van der Waals surface area (Å²) in [6.45, 7) is 6.59. The summed E-state index contributed by atoms with van der Waals surface area (Å²) in [7, 11) is 1.41. The molecule has 0 aromatic heterocycles. The molecule has 4 nitrogen and oxygen atoms in total. The zero-order chi connectivity index (χ0) is 15.0. The van der Waals surface area contributed by atoms with Crippen LogP contribution in [0.2, 0.25) is 0 Å². The lowest BCUT2D eigenvalue weighted by molar-refractivity contribution is -0.143. The van der Waals surface area contributed by atoms with Gasteiger partial charge in [0.25, 0.3) is 0 Å². The van der Waals surface area contributed by atoms with Crippen molar-refractivity contribution in [1.82, 2.24) is 5.32 Å². The fourth-order valence-corrected chi connectivity index (χ4v) is 1.96. The number of benzene rings is 1. The zero-order valence-corrected chi connectivity index (χ0v) is 12.8. The summed E-state index contributed by atoms with van der Waals surface area (Å²) in [4.78, 5) is 11.7. The minimum absolute atomic E-state index is 0.225. The Kier molecular flexibility index (Phi) is 7.09. The van der Waals surface area contributed by atoms with Crippen molar-refractivity contribution in [2.45, 2.75) is 45.7 Å². The molecule has 0 fully saturated rings. The van der Waals surface area contributed by atoms with Crippen LogP contribution in [0.5, 0.6) is 5.75 Å². The Morgan fingerprint density at radius 1 is 1.35 bits per heavy atom. The van der Waals surface area contributed by atoms with Crippen LogP contribution >= 0.6 is 0 Å². The van der Waals surface area contributed by atoms with E-state index >= 15 is 0 Å². The molecular formula is C16H25NO3. The van der Waals surface area contributed by atoms with Gasteiger partial charge in [0.15, 0.2) is 0 Å². The Hall–Kier alpha value is -1.55. The molecule has 112 valence electrons. The van der Waals surface area contributed by atoms with Gasteiger partial charge in [-0.1, -0.05) is 32.9 Å². The fourth-order valence-electron chi connectivity index (χ4n) is 1.96. The predicted octanol–water partition coefficient (Wildman–Crippen LogP) is 2.56. The molecule has 0 heterocycles. The lowest BCUT2D eigenvalue weighted by Gasteiger charge is -2.19. The summed E-state index contributed by atoms with van der Waals surface area (Å²) in [5, 5.41) is 3.18. The largest absolute Gasteiger partial charge is 0.494 e. The summed E-state index contributed by atoms with van der Waals surface area (Å²) in [5.41, 5.74) is 1.24. The van der Waals surface area contributed by atoms with Crippen molar-refractivity contribution >= 4 is 5.97 Å². The van der Waals surface area contributed by atoms with Crippen LogP contribution in [0.3, 0.4) is 0 Å². The number of nitrogens with one attached hydrogen (secondary N) is 1. The van der Waals surface area contributed by atoms with E-state index in [0.717, 1.165) is 12.2 Å². The summed E-state index contributed by atoms with van der Waals surface area (Å²) in [6, 6.07) is 7.92. The number of rotatable bonds is 8. The van der Waals surface area contributed by atoms with Crippen molar-refractivity contribution in [2.75, 3.05) is 13.7 Å². The van der Waals surface area contributed by atoms with Gasteiger partial charge in [0.1, 0.15) is 11.8 Å². The van der Waals surface area contributed by atoms with Gasteiger partial charge >= 0.3 is 5.97 Å². The number of methoxy groups -OCH3 is 1. The number of carbonyl (C=O) groups is 1. The second kappa shape index (κ2) is 8.59. The monoisotopic (exact) mass is 279 g/mol. The molecule has 1 rings (SSSR count). The topological polar surface area (TPSA) is 47.6 Å². The molecule has 0 aliphatic heterocycles. The van der Waals surface area contributed by atoms with Crippen LogP contribution in [-0.4, -0.2) is 31.8 Å². The van der Waals surface area contributed by atoms with Gasteiger partial charge in [-0.25, -0.2) is 0 Å². The third-order valence-electron chi connectivity index (χ3n) is 3.00. The molecule has 1 aromatic carbocycles. The number of carbonyl (C=O) groups excluding carboxylic acids is 1. The molecule has 4 heteroatoms. The maximum Gasteiger partial charge on any atom is 0.322 e. The molecule has 0 saturated heterocycles. The van der Waals surface area contributed by atoms with Crippen LogP contribution in [0, 0.1) is 0 Å². The molecular weight excluding hydrogens is 254 g/mol. The average molecular weight is 279 g/mol. The molecule has 20 heavy (non-hydrogen) atoms. The third kappa shape index (κ3) is 5.61. The second-order valence-corrected chi connectivity index (χ2v) is 5.04. The van der Waals surface area contributed by atoms with Gasteiger partial charge in [0.05, 0.1) is 13.7 Å². The quantitative estimate of drug-likeness (QED) is 0.743. The molecule has 0 saturated carbocycles. The van der Waals surface area contributed by atoms with E-state index in [0.29, 0.717) is 13.0 Å². The Morgan fingerprint density at radius 2 is 2.10 bits per heavy atom. The summed E-state index contributed by atoms with van der Waals surface area (Å²) < 4.78 is 10.5. The van der Waals surface area contributed by atoms with Crippen LogP contribution in [0.15, 0.2) is 24.3 Å². The van der Waals surface area contributed by atoms with Crippen LogP contribution in [0.4, 0.5) is 0 Å². The molecule has 1 atom stereocenters. The highest BCUT2D eigenvalue weighted by molar-refractivity contribution is 5.75. The molecule has 0 amide bonds. The van der Waals surface area contributed by atoms with E-state index in [1.807, 2.05) is 32.0 Å². The number of ether oxygens (including phenoxy) is 2. The van der Waals surface area contributed by atoms with Gasteiger partial charge in [0.2, 0.25) is 0 Å². The normalized spacial score (nSPS) is 12.2. The summed E-state index contributed by atoms with van der Waals surface area (Å²) in [6.07, 6.45) is 1.57. The maximum atomic E-state index is 11.7. The maximum absolute atomic E-state index is 11.7. The van der Waals surface area contributed by atoms with Crippen molar-refractivity contribution in [3.8, 4) is 5.75 Å². The van der Waals surface area contributed by atoms with Gasteiger partial charge in [0, 0.05) is 12.5 Å². The molecule has 0 aliphatic rings. The first-order valence-electron chi connectivity index (χ1n) is 7.12. The van der Waals surface area contributed by atoms with E-state index in [1.165, 1.54) is 12.7 Å². The molecule has 0 spiro atoms. The van der Waals surface area contributed by atoms with E-state index in [-0.39, 0.29) is 18.1 Å². The first-order chi connectivity index (χ1) is 9.56. The molecule has 1 aromatic rings. The van der Waals surface area contributed by atoms with Crippen molar-refractivity contribution in [2.24, 2.45) is 0 Å². The van der Waals surface area contributed by atoms with Gasteiger partial charge < -0.3 is 14.8 Å². The van der Waals surface area contributed by atoms with Gasteiger partial charge in [-0.05, 0) is 24.1 Å². The van der Waals surface area contributed by atoms with Crippen molar-refractivity contribution in [1.29, 1.82) is 0 Å². The summed E-state index contributed by atoms with van der Waals surface area (Å²) >= 11 is 0. The predicted molar refractivity (Wildman–Crippen MR) is 80.0 cm³/mol. The number of hydrogen-bond donors (Lipinski definition) is 1. The lowest BCUT2D eigenvalue weighted by Crippen LogP contribution is -2.42. The zero-order valence-electron chi connectivity index (χ0n) is 12.8. The minimum atomic E-state index is -0.325. The first-order valence-corrected chi connectivity index (χ1v) is 7.12. The standard InChI is InChI=1S/C16H25NO3/c1-5-13-7-6-8-14(11-13)20-10-9-15(16(18)19-4)17-12(2)3/h6-8,11-12,15,17H,5,9-10H2,1-4H3. The summed E-state index contributed by atoms with van der Waals surface area (Å²) in [5.74, 6) is 0.599. The van der Waals surface area contributed by atoms with Crippen LogP contribution < -0.4 is 10.1 Å². The SMILES string of the molecule is CCc1cccc(OCCC(NC(C)C)C(=O)OC)c1. The van der Waals surface area contributed by atoms with Crippen LogP contribution in [0.1, 0.15) is 32.8 Å². The van der Waals surface area contributed by atoms with Gasteiger partial charge in [-0.2, -0.15) is 0 Å². The Morgan fingerprint density at radius 3 is 2.70 bits per heavy atom. The van der Waals surface area contributed by atoms with Crippen molar-refractivity contribution < 1.29 is 14.3 Å². The first kappa shape index (κ1) is 16.5. The molecule has 0 aliphatic carbocycles. The highest BCUT2D eigenvalue weighted by atomic mass is 16.5. The highest BCUT2D eigenvalue weighted by Gasteiger charge is 2.19. The van der Waals surface area contributed by atoms with E-state index in [4.69, 9.17) is 9.47 Å². The molecule has 1 unspecified atom stereocenters.